The first-order valence-corrected chi connectivity index (χ1v) is 11.2. The molecule has 0 saturated heterocycles. The number of hydrogen-bond acceptors (Lipinski definition) is 2. The summed E-state index contributed by atoms with van der Waals surface area (Å²) in [5.41, 5.74) is 5.81. The van der Waals surface area contributed by atoms with E-state index in [1.807, 2.05) is 6.07 Å². The molecule has 0 aromatic heterocycles. The number of carbonyl (C=O) groups is 2. The quantitative estimate of drug-likeness (QED) is 0.303. The molecule has 3 heteroatoms. The van der Waals surface area contributed by atoms with Crippen LogP contribution in [-0.2, 0) is 10.2 Å². The Morgan fingerprint density at radius 2 is 1.46 bits per heavy atom. The lowest BCUT2D eigenvalue weighted by Crippen LogP contribution is -2.26. The summed E-state index contributed by atoms with van der Waals surface area (Å²) < 4.78 is 1.10. The first-order valence-electron chi connectivity index (χ1n) is 10.4. The van der Waals surface area contributed by atoms with Crippen molar-refractivity contribution in [3.8, 4) is 11.1 Å². The number of unbranched alkanes of at least 4 members (excludes halogenated alkanes) is 2. The third-order valence-corrected chi connectivity index (χ3v) is 6.46. The van der Waals surface area contributed by atoms with Gasteiger partial charge >= 0.3 is 0 Å². The summed E-state index contributed by atoms with van der Waals surface area (Å²) in [5, 5.41) is 0. The van der Waals surface area contributed by atoms with E-state index in [1.54, 1.807) is 0 Å². The molecule has 148 valence electrons. The van der Waals surface area contributed by atoms with E-state index < -0.39 is 0 Å². The van der Waals surface area contributed by atoms with E-state index in [9.17, 15) is 9.59 Å². The van der Waals surface area contributed by atoms with E-state index >= 15 is 0 Å². The fourth-order valence-corrected chi connectivity index (χ4v) is 4.95. The maximum atomic E-state index is 12.6. The number of rotatable bonds is 9. The minimum atomic E-state index is -0.0825. The molecule has 2 nitrogen and oxygen atoms in total. The van der Waals surface area contributed by atoms with Crippen molar-refractivity contribution in [1.82, 2.24) is 0 Å². The molecule has 2 aromatic rings. The molecule has 2 aromatic carbocycles. The number of carbonyl (C=O) groups excluding carboxylic acids is 2. The molecule has 28 heavy (non-hydrogen) atoms. The van der Waals surface area contributed by atoms with Gasteiger partial charge in [0.05, 0.1) is 6.42 Å². The summed E-state index contributed by atoms with van der Waals surface area (Å²) in [6, 6.07) is 12.7. The third-order valence-electron chi connectivity index (χ3n) is 5.97. The van der Waals surface area contributed by atoms with Crippen molar-refractivity contribution in [2.75, 3.05) is 0 Å². The summed E-state index contributed by atoms with van der Waals surface area (Å²) in [6.45, 7) is 5.95. The summed E-state index contributed by atoms with van der Waals surface area (Å²) in [4.78, 5) is 24.1. The molecule has 0 heterocycles. The molecule has 0 radical (unpaired) electrons. The molecule has 0 amide bonds. The Balaban J connectivity index is 2.19. The van der Waals surface area contributed by atoms with Gasteiger partial charge in [0.1, 0.15) is 5.78 Å². The van der Waals surface area contributed by atoms with Crippen LogP contribution < -0.4 is 0 Å². The van der Waals surface area contributed by atoms with Crippen molar-refractivity contribution in [1.29, 1.82) is 0 Å². The van der Waals surface area contributed by atoms with Crippen LogP contribution in [0.1, 0.15) is 87.2 Å². The minimum absolute atomic E-state index is 0.0196. The first kappa shape index (κ1) is 21.0. The Morgan fingerprint density at radius 3 is 2.04 bits per heavy atom. The maximum absolute atomic E-state index is 12.6. The van der Waals surface area contributed by atoms with Crippen molar-refractivity contribution < 1.29 is 9.59 Å². The molecule has 0 saturated carbocycles. The summed E-state index contributed by atoms with van der Waals surface area (Å²) in [7, 11) is 0. The van der Waals surface area contributed by atoms with Crippen LogP contribution >= 0.6 is 15.9 Å². The molecule has 0 N–H and O–H groups in total. The largest absolute Gasteiger partial charge is 0.300 e. The van der Waals surface area contributed by atoms with Gasteiger partial charge in [0.2, 0.25) is 0 Å². The lowest BCUT2D eigenvalue weighted by molar-refractivity contribution is -0.116. The zero-order valence-corrected chi connectivity index (χ0v) is 18.7. The van der Waals surface area contributed by atoms with Crippen LogP contribution in [-0.4, -0.2) is 11.6 Å². The van der Waals surface area contributed by atoms with Gasteiger partial charge in [-0.05, 0) is 60.2 Å². The summed E-state index contributed by atoms with van der Waals surface area (Å²) in [6.07, 6.45) is 6.76. The smallest absolute Gasteiger partial charge is 0.170 e. The average Bonchev–Trinajstić information content (AvgIpc) is 2.93. The van der Waals surface area contributed by atoms with Crippen molar-refractivity contribution in [3.63, 3.8) is 0 Å². The van der Waals surface area contributed by atoms with Crippen LogP contribution in [0.25, 0.3) is 11.1 Å². The van der Waals surface area contributed by atoms with Crippen LogP contribution in [0.15, 0.2) is 40.9 Å². The monoisotopic (exact) mass is 440 g/mol. The van der Waals surface area contributed by atoms with Crippen LogP contribution in [0, 0.1) is 0 Å². The van der Waals surface area contributed by atoms with Gasteiger partial charge in [-0.2, -0.15) is 0 Å². The number of hydrogen-bond donors (Lipinski definition) is 0. The predicted octanol–water partition coefficient (Wildman–Crippen LogP) is 7.26. The lowest BCUT2D eigenvalue weighted by atomic mass is 9.70. The lowest BCUT2D eigenvalue weighted by Gasteiger charge is -2.33. The Labute approximate surface area is 176 Å². The molecule has 0 aliphatic heterocycles. The highest BCUT2D eigenvalue weighted by Crippen LogP contribution is 2.54. The van der Waals surface area contributed by atoms with E-state index in [4.69, 9.17) is 0 Å². The molecule has 1 aliphatic carbocycles. The van der Waals surface area contributed by atoms with Crippen LogP contribution in [0.5, 0.6) is 0 Å². The highest BCUT2D eigenvalue weighted by Gasteiger charge is 2.42. The Kier molecular flexibility index (Phi) is 6.54. The van der Waals surface area contributed by atoms with Gasteiger partial charge in [-0.15, -0.1) is 0 Å². The Bertz CT molecular complexity index is 889. The zero-order chi connectivity index (χ0) is 20.3. The number of halogens is 1. The Hall–Kier alpha value is -1.74. The van der Waals surface area contributed by atoms with E-state index in [0.29, 0.717) is 5.56 Å². The molecule has 3 rings (SSSR count). The number of ketones is 2. The van der Waals surface area contributed by atoms with Gasteiger partial charge in [-0.1, -0.05) is 73.7 Å². The third kappa shape index (κ3) is 3.87. The van der Waals surface area contributed by atoms with Crippen molar-refractivity contribution in [2.45, 2.75) is 71.1 Å². The van der Waals surface area contributed by atoms with Gasteiger partial charge in [0.15, 0.2) is 5.78 Å². The standard InChI is InChI=1S/C25H29BrO2/c1-4-6-12-25(13-7-5-2)22-15-18(24(28)14-17(3)27)8-10-20(22)21-11-9-19(26)16-23(21)25/h8-11,15-16H,4-7,12-14H2,1-3H3. The summed E-state index contributed by atoms with van der Waals surface area (Å²) in [5.74, 6) is -0.159. The Morgan fingerprint density at radius 1 is 0.893 bits per heavy atom. The molecule has 1 aliphatic rings. The van der Waals surface area contributed by atoms with Gasteiger partial charge < -0.3 is 0 Å². The second kappa shape index (κ2) is 8.73. The number of benzene rings is 2. The van der Waals surface area contributed by atoms with Crippen molar-refractivity contribution >= 4 is 27.5 Å². The normalized spacial score (nSPS) is 13.9. The van der Waals surface area contributed by atoms with Crippen molar-refractivity contribution in [2.24, 2.45) is 0 Å². The predicted molar refractivity (Wildman–Crippen MR) is 119 cm³/mol. The van der Waals surface area contributed by atoms with Gasteiger partial charge in [0, 0.05) is 15.5 Å². The van der Waals surface area contributed by atoms with Crippen LogP contribution in [0.3, 0.4) is 0 Å². The molecule has 0 atom stereocenters. The second-order valence-corrected chi connectivity index (χ2v) is 8.96. The highest BCUT2D eigenvalue weighted by atomic mass is 79.9. The fraction of sp³-hybridized carbons (Fsp3) is 0.440. The molecular formula is C25H29BrO2. The topological polar surface area (TPSA) is 34.1 Å². The van der Waals surface area contributed by atoms with Crippen LogP contribution in [0.4, 0.5) is 0 Å². The van der Waals surface area contributed by atoms with Gasteiger partial charge in [-0.25, -0.2) is 0 Å². The fourth-order valence-electron chi connectivity index (χ4n) is 4.59. The van der Waals surface area contributed by atoms with Crippen LogP contribution in [0.2, 0.25) is 0 Å². The van der Waals surface area contributed by atoms with E-state index in [2.05, 4.69) is 60.1 Å². The molecule has 0 unspecified atom stereocenters. The summed E-state index contributed by atoms with van der Waals surface area (Å²) >= 11 is 3.67. The molecular weight excluding hydrogens is 412 g/mol. The zero-order valence-electron chi connectivity index (χ0n) is 17.1. The number of fused-ring (bicyclic) bond motifs is 3. The SMILES string of the molecule is CCCCC1(CCCC)c2cc(Br)ccc2-c2ccc(C(=O)CC(C)=O)cc21. The molecule has 0 spiro atoms. The average molecular weight is 441 g/mol. The van der Waals surface area contributed by atoms with E-state index in [-0.39, 0.29) is 23.4 Å². The molecule has 0 fully saturated rings. The maximum Gasteiger partial charge on any atom is 0.170 e. The first-order chi connectivity index (χ1) is 13.4. The molecule has 0 bridgehead atoms. The number of Topliss-reactive ketones (excluding diaryl/α,β-unsaturated/α-hetero) is 2. The highest BCUT2D eigenvalue weighted by molar-refractivity contribution is 9.10. The minimum Gasteiger partial charge on any atom is -0.300 e. The van der Waals surface area contributed by atoms with Gasteiger partial charge in [0.25, 0.3) is 0 Å². The van der Waals surface area contributed by atoms with Crippen molar-refractivity contribution in [3.05, 3.63) is 57.6 Å². The van der Waals surface area contributed by atoms with E-state index in [0.717, 1.165) is 43.0 Å². The van der Waals surface area contributed by atoms with E-state index in [1.165, 1.54) is 29.2 Å². The second-order valence-electron chi connectivity index (χ2n) is 8.04. The van der Waals surface area contributed by atoms with Gasteiger partial charge in [-0.3, -0.25) is 9.59 Å².